The number of amides is 2. The van der Waals surface area contributed by atoms with Gasteiger partial charge in [-0.25, -0.2) is 0 Å². The van der Waals surface area contributed by atoms with Gasteiger partial charge in [0.15, 0.2) is 11.0 Å². The molecule has 0 bridgehead atoms. The van der Waals surface area contributed by atoms with E-state index in [4.69, 9.17) is 16.0 Å². The number of nitrogens with zero attached hydrogens (tertiary/aromatic N) is 4. The lowest BCUT2D eigenvalue weighted by molar-refractivity contribution is -0.121. The van der Waals surface area contributed by atoms with Gasteiger partial charge in [-0.1, -0.05) is 55.0 Å². The molecule has 10 heteroatoms. The van der Waals surface area contributed by atoms with E-state index < -0.39 is 22.8 Å². The summed E-state index contributed by atoms with van der Waals surface area (Å²) in [6, 6.07) is 11.7. The van der Waals surface area contributed by atoms with Gasteiger partial charge >= 0.3 is 0 Å². The van der Waals surface area contributed by atoms with E-state index >= 15 is 0 Å². The maximum atomic E-state index is 14.1. The molecule has 1 spiro atoms. The van der Waals surface area contributed by atoms with Crippen molar-refractivity contribution in [1.29, 1.82) is 0 Å². The van der Waals surface area contributed by atoms with Gasteiger partial charge in [0.05, 0.1) is 10.9 Å². The summed E-state index contributed by atoms with van der Waals surface area (Å²) in [6.45, 7) is 4.12. The molecule has 2 aliphatic rings. The van der Waals surface area contributed by atoms with Crippen LogP contribution in [0.1, 0.15) is 40.5 Å². The first-order valence-corrected chi connectivity index (χ1v) is 12.3. The Bertz CT molecular complexity index is 1630. The van der Waals surface area contributed by atoms with Crippen molar-refractivity contribution < 1.29 is 14.0 Å². The van der Waals surface area contributed by atoms with E-state index in [2.05, 4.69) is 24.0 Å². The Labute approximate surface area is 208 Å². The topological polar surface area (TPSA) is 96.6 Å². The first-order valence-electron chi connectivity index (χ1n) is 11.1. The van der Waals surface area contributed by atoms with Crippen molar-refractivity contribution in [1.82, 2.24) is 10.2 Å². The van der Waals surface area contributed by atoms with Crippen LogP contribution in [0.3, 0.4) is 0 Å². The first kappa shape index (κ1) is 21.9. The van der Waals surface area contributed by atoms with Crippen LogP contribution in [0.25, 0.3) is 11.0 Å². The lowest BCUT2D eigenvalue weighted by Crippen LogP contribution is -2.53. The summed E-state index contributed by atoms with van der Waals surface area (Å²) < 4.78 is 6.00. The third-order valence-corrected chi connectivity index (χ3v) is 7.61. The summed E-state index contributed by atoms with van der Waals surface area (Å²) >= 11 is 7.40. The minimum Gasteiger partial charge on any atom is -0.450 e. The van der Waals surface area contributed by atoms with Crippen molar-refractivity contribution >= 4 is 56.5 Å². The van der Waals surface area contributed by atoms with Crippen LogP contribution in [0.4, 0.5) is 10.8 Å². The zero-order chi connectivity index (χ0) is 24.6. The number of hydrogen-bond donors (Lipinski definition) is 0. The SMILES string of the molecule is CC(C)Cc1nnc(N2C(=O)c3oc4ccc(Cl)cc4c(=O)c3C23C(=O)N(C)c2ccccc23)s1. The van der Waals surface area contributed by atoms with E-state index in [1.807, 2.05) is 0 Å². The predicted molar refractivity (Wildman–Crippen MR) is 133 cm³/mol. The number of likely N-dealkylation sites (N-methyl/N-ethyl adjacent to an activating group) is 1. The number of carbonyl (C=O) groups is 2. The molecule has 2 aliphatic heterocycles. The smallest absolute Gasteiger partial charge is 0.297 e. The minimum absolute atomic E-state index is 0.0281. The zero-order valence-corrected chi connectivity index (χ0v) is 20.6. The van der Waals surface area contributed by atoms with Gasteiger partial charge in [-0.05, 0) is 30.2 Å². The molecular weight excluding hydrogens is 488 g/mol. The lowest BCUT2D eigenvalue weighted by atomic mass is 9.84. The van der Waals surface area contributed by atoms with E-state index in [9.17, 15) is 14.4 Å². The van der Waals surface area contributed by atoms with Crippen LogP contribution in [-0.2, 0) is 16.8 Å². The number of benzene rings is 2. The molecule has 176 valence electrons. The lowest BCUT2D eigenvalue weighted by Gasteiger charge is -2.31. The molecule has 2 aromatic carbocycles. The molecule has 2 aromatic heterocycles. The highest BCUT2D eigenvalue weighted by atomic mass is 35.5. The molecule has 2 amide bonds. The average Bonchev–Trinajstić information content (AvgIpc) is 3.44. The van der Waals surface area contributed by atoms with Gasteiger partial charge in [0.1, 0.15) is 10.6 Å². The van der Waals surface area contributed by atoms with Crippen LogP contribution in [0.5, 0.6) is 0 Å². The van der Waals surface area contributed by atoms with Crippen LogP contribution in [0.2, 0.25) is 5.02 Å². The Morgan fingerprint density at radius 1 is 1.11 bits per heavy atom. The number of rotatable bonds is 3. The summed E-state index contributed by atoms with van der Waals surface area (Å²) in [6.07, 6.45) is 0.670. The highest BCUT2D eigenvalue weighted by Gasteiger charge is 2.66. The second-order valence-corrected chi connectivity index (χ2v) is 10.6. The van der Waals surface area contributed by atoms with Gasteiger partial charge < -0.3 is 9.32 Å². The molecule has 6 rings (SSSR count). The van der Waals surface area contributed by atoms with Gasteiger partial charge in [0, 0.05) is 29.7 Å². The summed E-state index contributed by atoms with van der Waals surface area (Å²) in [5, 5.41) is 10.1. The fraction of sp³-hybridized carbons (Fsp3) is 0.240. The molecule has 35 heavy (non-hydrogen) atoms. The molecule has 8 nitrogen and oxygen atoms in total. The number of halogens is 1. The Morgan fingerprint density at radius 3 is 2.66 bits per heavy atom. The number of para-hydroxylation sites is 1. The Kier molecular flexibility index (Phi) is 4.68. The molecule has 0 N–H and O–H groups in total. The standard InChI is InChI=1S/C25H19ClN4O4S/c1-12(2)10-18-27-28-24(35-18)30-22(32)21-19(20(31)14-11-13(26)8-9-17(14)34-21)25(30)15-6-4-5-7-16(15)29(3)23(25)33/h4-9,11-12H,10H2,1-3H3. The van der Waals surface area contributed by atoms with E-state index in [-0.39, 0.29) is 27.4 Å². The van der Waals surface area contributed by atoms with Crippen molar-refractivity contribution in [3.8, 4) is 0 Å². The summed E-state index contributed by atoms with van der Waals surface area (Å²) in [7, 11) is 1.63. The summed E-state index contributed by atoms with van der Waals surface area (Å²) in [4.78, 5) is 44.8. The van der Waals surface area contributed by atoms with E-state index in [0.29, 0.717) is 28.6 Å². The van der Waals surface area contributed by atoms with Crippen molar-refractivity contribution in [2.75, 3.05) is 16.8 Å². The molecule has 4 aromatic rings. The molecule has 1 atom stereocenters. The number of hydrogen-bond acceptors (Lipinski definition) is 7. The third-order valence-electron chi connectivity index (χ3n) is 6.45. The van der Waals surface area contributed by atoms with Gasteiger partial charge in [0.25, 0.3) is 11.8 Å². The normalized spacial score (nSPS) is 18.9. The van der Waals surface area contributed by atoms with Crippen molar-refractivity contribution in [3.05, 3.63) is 79.6 Å². The Morgan fingerprint density at radius 2 is 1.89 bits per heavy atom. The van der Waals surface area contributed by atoms with Gasteiger partial charge in [-0.3, -0.25) is 19.3 Å². The van der Waals surface area contributed by atoms with E-state index in [1.54, 1.807) is 43.4 Å². The number of carbonyl (C=O) groups excluding carboxylic acids is 2. The highest BCUT2D eigenvalue weighted by molar-refractivity contribution is 7.15. The Balaban J connectivity index is 1.72. The van der Waals surface area contributed by atoms with Crippen LogP contribution in [0.15, 0.2) is 51.7 Å². The minimum atomic E-state index is -1.76. The maximum Gasteiger partial charge on any atom is 0.297 e. The quantitative estimate of drug-likeness (QED) is 0.409. The molecule has 0 radical (unpaired) electrons. The van der Waals surface area contributed by atoms with E-state index in [1.165, 1.54) is 27.2 Å². The van der Waals surface area contributed by atoms with E-state index in [0.717, 1.165) is 5.01 Å². The molecule has 4 heterocycles. The van der Waals surface area contributed by atoms with Crippen LogP contribution in [0, 0.1) is 5.92 Å². The van der Waals surface area contributed by atoms with Crippen molar-refractivity contribution in [3.63, 3.8) is 0 Å². The highest BCUT2D eigenvalue weighted by Crippen LogP contribution is 2.53. The molecule has 1 unspecified atom stereocenters. The maximum absolute atomic E-state index is 14.1. The van der Waals surface area contributed by atoms with Crippen LogP contribution in [-0.4, -0.2) is 29.1 Å². The summed E-state index contributed by atoms with van der Waals surface area (Å²) in [5.74, 6) is -0.905. The number of aromatic nitrogens is 2. The molecule has 0 fully saturated rings. The van der Waals surface area contributed by atoms with Crippen LogP contribution < -0.4 is 15.2 Å². The summed E-state index contributed by atoms with van der Waals surface area (Å²) in [5.41, 5.74) is -0.948. The molecule has 0 aliphatic carbocycles. The van der Waals surface area contributed by atoms with Gasteiger partial charge in [0.2, 0.25) is 10.9 Å². The van der Waals surface area contributed by atoms with Crippen LogP contribution >= 0.6 is 22.9 Å². The predicted octanol–water partition coefficient (Wildman–Crippen LogP) is 4.38. The van der Waals surface area contributed by atoms with Gasteiger partial charge in [-0.2, -0.15) is 0 Å². The van der Waals surface area contributed by atoms with Gasteiger partial charge in [-0.15, -0.1) is 10.2 Å². The molecular formula is C25H19ClN4O4S. The number of fused-ring (bicyclic) bond motifs is 5. The average molecular weight is 507 g/mol. The fourth-order valence-corrected chi connectivity index (χ4v) is 6.28. The third kappa shape index (κ3) is 2.82. The Hall–Kier alpha value is -3.56. The largest absolute Gasteiger partial charge is 0.450 e. The zero-order valence-electron chi connectivity index (χ0n) is 19.0. The van der Waals surface area contributed by atoms with Crippen molar-refractivity contribution in [2.24, 2.45) is 5.92 Å². The fourth-order valence-electron chi connectivity index (χ4n) is 5.01. The second kappa shape index (κ2) is 7.47. The number of anilines is 2. The van der Waals surface area contributed by atoms with Crippen molar-refractivity contribution in [2.45, 2.75) is 25.8 Å². The molecule has 0 saturated heterocycles. The monoisotopic (exact) mass is 506 g/mol. The first-order chi connectivity index (χ1) is 16.7. The molecule has 0 saturated carbocycles. The second-order valence-electron chi connectivity index (χ2n) is 9.08.